The van der Waals surface area contributed by atoms with E-state index in [4.69, 9.17) is 15.2 Å². The van der Waals surface area contributed by atoms with Crippen molar-refractivity contribution in [3.05, 3.63) is 66.5 Å². The Labute approximate surface area is 236 Å². The van der Waals surface area contributed by atoms with Crippen molar-refractivity contribution in [1.82, 2.24) is 9.97 Å². The van der Waals surface area contributed by atoms with Gasteiger partial charge in [-0.3, -0.25) is 4.79 Å². The summed E-state index contributed by atoms with van der Waals surface area (Å²) in [5, 5.41) is 2.99. The molecule has 0 radical (unpaired) electrons. The molecule has 2 aromatic heterocycles. The zero-order valence-electron chi connectivity index (χ0n) is 21.7. The Bertz CT molecular complexity index is 1790. The van der Waals surface area contributed by atoms with Crippen LogP contribution in [0, 0.1) is 5.92 Å². The van der Waals surface area contributed by atoms with E-state index in [1.165, 1.54) is 12.3 Å². The van der Waals surface area contributed by atoms with E-state index in [1.807, 2.05) is 0 Å². The van der Waals surface area contributed by atoms with E-state index in [0.29, 0.717) is 43.2 Å². The van der Waals surface area contributed by atoms with E-state index in [-0.39, 0.29) is 24.3 Å². The summed E-state index contributed by atoms with van der Waals surface area (Å²) in [5.74, 6) is -1.84. The van der Waals surface area contributed by atoms with Crippen molar-refractivity contribution in [2.75, 3.05) is 25.1 Å². The van der Waals surface area contributed by atoms with Gasteiger partial charge in [-0.1, -0.05) is 25.5 Å². The lowest BCUT2D eigenvalue weighted by Crippen LogP contribution is -2.23. The number of nitrogens with zero attached hydrogens (tertiary/aromatic N) is 1. The van der Waals surface area contributed by atoms with Crippen molar-refractivity contribution in [2.45, 2.75) is 27.5 Å². The average molecular weight is 633 g/mol. The minimum Gasteiger partial charge on any atom is -0.453 e. The molecule has 5 rings (SSSR count). The third-order valence-electron chi connectivity index (χ3n) is 6.73. The first kappa shape index (κ1) is 29.6. The standard InChI is InChI=1S/C26H25F5N4O5S2/c27-42(28,29,30,31)23-13-19(4-5-21(23)34-14-16-7-10-39-11-8-16)41(37,38)22-3-1-2-20(25(32)36)24(22)40-18-12-17-6-9-33-26(17)35-15-18/h1-6,9,12-13,15-16,34H,7-8,10-11,14H2,(H2,32,36)(H,33,35). The molecule has 9 nitrogen and oxygen atoms in total. The number of primary amides is 1. The average Bonchev–Trinajstić information content (AvgIpc) is 3.39. The van der Waals surface area contributed by atoms with Gasteiger partial charge in [0.25, 0.3) is 5.91 Å². The summed E-state index contributed by atoms with van der Waals surface area (Å²) in [6, 6.07) is 7.70. The van der Waals surface area contributed by atoms with Crippen LogP contribution in [-0.4, -0.2) is 44.1 Å². The number of anilines is 1. The number of carbonyl (C=O) groups is 1. The van der Waals surface area contributed by atoms with Crippen molar-refractivity contribution < 1.29 is 42.1 Å². The second kappa shape index (κ2) is 9.84. The zero-order valence-corrected chi connectivity index (χ0v) is 23.3. The number of hydrogen-bond acceptors (Lipinski definition) is 7. The number of nitrogens with two attached hydrogens (primary N) is 1. The smallest absolute Gasteiger partial charge is 0.312 e. The highest BCUT2D eigenvalue weighted by Gasteiger charge is 2.67. The van der Waals surface area contributed by atoms with Crippen molar-refractivity contribution in [1.29, 1.82) is 0 Å². The Balaban J connectivity index is 1.59. The molecule has 1 aliphatic heterocycles. The maximum absolute atomic E-state index is 14.2. The molecule has 226 valence electrons. The van der Waals surface area contributed by atoms with E-state index >= 15 is 0 Å². The number of nitrogens with one attached hydrogen (secondary N) is 2. The van der Waals surface area contributed by atoms with Crippen LogP contribution in [0.15, 0.2) is 75.6 Å². The topological polar surface area (TPSA) is 136 Å². The fourth-order valence-corrected chi connectivity index (χ4v) is 6.99. The van der Waals surface area contributed by atoms with Crippen LogP contribution in [0.1, 0.15) is 23.2 Å². The summed E-state index contributed by atoms with van der Waals surface area (Å²) in [4.78, 5) is 14.9. The van der Waals surface area contributed by atoms with Crippen LogP contribution < -0.4 is 15.8 Å². The van der Waals surface area contributed by atoms with E-state index in [0.717, 1.165) is 24.3 Å². The largest absolute Gasteiger partial charge is 0.453 e. The first-order chi connectivity index (χ1) is 19.5. The Morgan fingerprint density at radius 2 is 1.83 bits per heavy atom. The van der Waals surface area contributed by atoms with Crippen LogP contribution in [0.3, 0.4) is 0 Å². The van der Waals surface area contributed by atoms with Crippen LogP contribution in [0.4, 0.5) is 25.1 Å². The van der Waals surface area contributed by atoms with E-state index in [9.17, 15) is 32.6 Å². The number of H-pyrrole nitrogens is 1. The molecule has 0 aliphatic carbocycles. The normalized spacial score (nSPS) is 16.5. The predicted octanol–water partition coefficient (Wildman–Crippen LogP) is 6.78. The lowest BCUT2D eigenvalue weighted by Gasteiger charge is -2.42. The van der Waals surface area contributed by atoms with Crippen molar-refractivity contribution in [3.8, 4) is 11.5 Å². The minimum atomic E-state index is -10.4. The fourth-order valence-electron chi connectivity index (χ4n) is 4.59. The zero-order chi connectivity index (χ0) is 30.4. The summed E-state index contributed by atoms with van der Waals surface area (Å²) in [6.07, 6.45) is 3.86. The summed E-state index contributed by atoms with van der Waals surface area (Å²) in [5.41, 5.74) is 4.55. The van der Waals surface area contributed by atoms with Crippen molar-refractivity contribution >= 4 is 42.7 Å². The third kappa shape index (κ3) is 6.15. The van der Waals surface area contributed by atoms with Gasteiger partial charge in [-0.2, -0.15) is 0 Å². The van der Waals surface area contributed by atoms with Crippen LogP contribution in [0.2, 0.25) is 0 Å². The molecule has 4 aromatic rings. The number of sulfone groups is 1. The van der Waals surface area contributed by atoms with Gasteiger partial charge in [0, 0.05) is 31.3 Å². The number of halogens is 5. The Kier molecular flexibility index (Phi) is 6.94. The summed E-state index contributed by atoms with van der Waals surface area (Å²) in [6.45, 7) is 0.734. The number of rotatable bonds is 9. The van der Waals surface area contributed by atoms with E-state index in [2.05, 4.69) is 15.3 Å². The van der Waals surface area contributed by atoms with Crippen molar-refractivity contribution in [3.63, 3.8) is 0 Å². The number of aromatic amines is 1. The van der Waals surface area contributed by atoms with Gasteiger partial charge in [0.1, 0.15) is 21.2 Å². The number of carbonyl (C=O) groups excluding carboxylic acids is 1. The molecule has 1 fully saturated rings. The summed E-state index contributed by atoms with van der Waals surface area (Å²) < 4.78 is 109. The molecule has 42 heavy (non-hydrogen) atoms. The van der Waals surface area contributed by atoms with E-state index < -0.39 is 57.7 Å². The SMILES string of the molecule is NC(=O)c1cccc(S(=O)(=O)c2ccc(NCC3CCOCC3)c(S(F)(F)(F)(F)F)c2)c1Oc1cnc2[nH]ccc2c1. The van der Waals surface area contributed by atoms with Gasteiger partial charge in [0.2, 0.25) is 9.84 Å². The monoisotopic (exact) mass is 632 g/mol. The van der Waals surface area contributed by atoms with Gasteiger partial charge in [-0.15, -0.1) is 0 Å². The van der Waals surface area contributed by atoms with Gasteiger partial charge < -0.3 is 25.5 Å². The van der Waals surface area contributed by atoms with Crippen LogP contribution in [0.5, 0.6) is 11.5 Å². The maximum Gasteiger partial charge on any atom is 0.312 e. The second-order valence-electron chi connectivity index (χ2n) is 9.75. The first-order valence-electron chi connectivity index (χ1n) is 12.5. The lowest BCUT2D eigenvalue weighted by atomic mass is 10.0. The van der Waals surface area contributed by atoms with E-state index in [1.54, 1.807) is 12.3 Å². The number of aromatic nitrogens is 2. The molecule has 1 amide bonds. The van der Waals surface area contributed by atoms with Gasteiger partial charge in [0.05, 0.1) is 22.3 Å². The summed E-state index contributed by atoms with van der Waals surface area (Å²) in [7, 11) is -15.4. The molecule has 0 spiro atoms. The number of ether oxygens (including phenoxy) is 2. The van der Waals surface area contributed by atoms with Crippen LogP contribution in [0.25, 0.3) is 11.0 Å². The highest BCUT2D eigenvalue weighted by Crippen LogP contribution is 3.03. The number of pyridine rings is 1. The van der Waals surface area contributed by atoms with Gasteiger partial charge in [-0.05, 0) is 61.2 Å². The third-order valence-corrected chi connectivity index (χ3v) is 9.67. The second-order valence-corrected chi connectivity index (χ2v) is 14.0. The fraction of sp³-hybridized carbons (Fsp3) is 0.231. The lowest BCUT2D eigenvalue weighted by molar-refractivity contribution is 0.0699. The predicted molar refractivity (Wildman–Crippen MR) is 146 cm³/mol. The molecule has 16 heteroatoms. The highest BCUT2D eigenvalue weighted by molar-refractivity contribution is 8.45. The number of hydrogen-bond donors (Lipinski definition) is 3. The first-order valence-corrected chi connectivity index (χ1v) is 15.9. The molecule has 1 aliphatic rings. The number of fused-ring (bicyclic) bond motifs is 1. The number of amides is 1. The molecule has 0 bridgehead atoms. The van der Waals surface area contributed by atoms with Crippen LogP contribution in [-0.2, 0) is 14.6 Å². The van der Waals surface area contributed by atoms with Gasteiger partial charge in [-0.25, -0.2) is 13.4 Å². The molecular weight excluding hydrogens is 607 g/mol. The van der Waals surface area contributed by atoms with Crippen molar-refractivity contribution in [2.24, 2.45) is 11.7 Å². The highest BCUT2D eigenvalue weighted by atomic mass is 32.5. The molecular formula is C26H25F5N4O5S2. The maximum atomic E-state index is 14.2. The quantitative estimate of drug-likeness (QED) is 0.173. The molecule has 0 atom stereocenters. The number of para-hydroxylation sites is 1. The summed E-state index contributed by atoms with van der Waals surface area (Å²) >= 11 is 0. The molecule has 4 N–H and O–H groups in total. The Morgan fingerprint density at radius 1 is 1.10 bits per heavy atom. The molecule has 1 saturated heterocycles. The number of benzene rings is 2. The van der Waals surface area contributed by atoms with Gasteiger partial charge in [0.15, 0.2) is 5.75 Å². The molecule has 0 saturated carbocycles. The Hall–Kier alpha value is -3.89. The molecule has 3 heterocycles. The minimum absolute atomic E-state index is 0.0207. The van der Waals surface area contributed by atoms with Crippen LogP contribution >= 0.6 is 10.2 Å². The molecule has 0 unspecified atom stereocenters. The van der Waals surface area contributed by atoms with Gasteiger partial charge >= 0.3 is 10.2 Å². The molecule has 2 aromatic carbocycles. The Morgan fingerprint density at radius 3 is 2.52 bits per heavy atom.